The number of carbonyl (C=O) groups excluding carboxylic acids is 1. The predicted octanol–water partition coefficient (Wildman–Crippen LogP) is 1.90. The summed E-state index contributed by atoms with van der Waals surface area (Å²) in [5, 5.41) is 9.68. The first kappa shape index (κ1) is 18.9. The summed E-state index contributed by atoms with van der Waals surface area (Å²) < 4.78 is 27.2. The van der Waals surface area contributed by atoms with Crippen LogP contribution in [0.5, 0.6) is 0 Å². The molecule has 140 valence electrons. The third-order valence-electron chi connectivity index (χ3n) is 4.60. The normalized spacial score (nSPS) is 16.6. The van der Waals surface area contributed by atoms with Crippen molar-refractivity contribution in [1.82, 2.24) is 19.8 Å². The maximum absolute atomic E-state index is 12.9. The van der Waals surface area contributed by atoms with Gasteiger partial charge in [-0.2, -0.15) is 9.40 Å². The van der Waals surface area contributed by atoms with E-state index < -0.39 is 10.0 Å². The second-order valence-corrected chi connectivity index (χ2v) is 8.79. The number of aromatic nitrogens is 2. The number of hydrogen-bond donors (Lipinski definition) is 3. The lowest BCUT2D eigenvalue weighted by Gasteiger charge is -2.31. The fourth-order valence-electron chi connectivity index (χ4n) is 3.22. The largest absolute Gasteiger partial charge is 0.349 e. The monoisotopic (exact) mass is 394 g/mol. The molecule has 1 aliphatic rings. The minimum atomic E-state index is -3.58. The molecule has 2 heterocycles. The van der Waals surface area contributed by atoms with Crippen LogP contribution >= 0.6 is 12.6 Å². The number of benzene rings is 1. The topological polar surface area (TPSA) is 95.2 Å². The van der Waals surface area contributed by atoms with Crippen LogP contribution in [0.4, 0.5) is 0 Å². The van der Waals surface area contributed by atoms with Gasteiger partial charge in [-0.15, -0.1) is 12.6 Å². The maximum atomic E-state index is 12.9. The Morgan fingerprint density at radius 2 is 1.92 bits per heavy atom. The Balaban J connectivity index is 1.64. The van der Waals surface area contributed by atoms with Gasteiger partial charge in [-0.05, 0) is 38.8 Å². The number of carbonyl (C=O) groups is 1. The average molecular weight is 395 g/mol. The van der Waals surface area contributed by atoms with Gasteiger partial charge < -0.3 is 5.32 Å². The van der Waals surface area contributed by atoms with E-state index in [1.54, 1.807) is 32.0 Å². The third-order valence-corrected chi connectivity index (χ3v) is 7.15. The van der Waals surface area contributed by atoms with Crippen LogP contribution in [0.15, 0.2) is 34.1 Å². The SMILES string of the molecule is Cc1n[nH]c(C)c1S(=O)(=O)N1CCC(NC(=O)c2ccccc2S)CC1. The molecule has 26 heavy (non-hydrogen) atoms. The molecule has 0 unspecified atom stereocenters. The molecule has 0 saturated carbocycles. The molecule has 1 fully saturated rings. The number of aromatic amines is 1. The Kier molecular flexibility index (Phi) is 5.40. The van der Waals surface area contributed by atoms with Gasteiger partial charge in [0.15, 0.2) is 0 Å². The van der Waals surface area contributed by atoms with E-state index in [0.717, 1.165) is 0 Å². The van der Waals surface area contributed by atoms with E-state index in [9.17, 15) is 13.2 Å². The Morgan fingerprint density at radius 1 is 1.27 bits per heavy atom. The van der Waals surface area contributed by atoms with E-state index in [2.05, 4.69) is 28.1 Å². The molecule has 3 rings (SSSR count). The summed E-state index contributed by atoms with van der Waals surface area (Å²) in [6.45, 7) is 4.10. The van der Waals surface area contributed by atoms with Crippen molar-refractivity contribution < 1.29 is 13.2 Å². The second-order valence-electron chi connectivity index (χ2n) is 6.43. The number of sulfonamides is 1. The molecule has 1 saturated heterocycles. The fraction of sp³-hybridized carbons (Fsp3) is 0.412. The lowest BCUT2D eigenvalue weighted by atomic mass is 10.1. The molecule has 1 aromatic carbocycles. The van der Waals surface area contributed by atoms with E-state index in [0.29, 0.717) is 47.8 Å². The van der Waals surface area contributed by atoms with Crippen molar-refractivity contribution >= 4 is 28.6 Å². The molecule has 1 amide bonds. The van der Waals surface area contributed by atoms with Crippen molar-refractivity contribution in [3.8, 4) is 0 Å². The van der Waals surface area contributed by atoms with Crippen LogP contribution in [0.25, 0.3) is 0 Å². The minimum Gasteiger partial charge on any atom is -0.349 e. The van der Waals surface area contributed by atoms with Crippen molar-refractivity contribution in [2.24, 2.45) is 0 Å². The summed E-state index contributed by atoms with van der Waals surface area (Å²) >= 11 is 4.30. The van der Waals surface area contributed by atoms with Crippen LogP contribution in [-0.2, 0) is 10.0 Å². The number of amides is 1. The predicted molar refractivity (Wildman–Crippen MR) is 101 cm³/mol. The number of H-pyrrole nitrogens is 1. The lowest BCUT2D eigenvalue weighted by Crippen LogP contribution is -2.46. The van der Waals surface area contributed by atoms with Gasteiger partial charge in [0.2, 0.25) is 10.0 Å². The number of hydrogen-bond acceptors (Lipinski definition) is 5. The summed E-state index contributed by atoms with van der Waals surface area (Å²) in [5.41, 5.74) is 1.54. The number of nitrogens with zero attached hydrogens (tertiary/aromatic N) is 2. The zero-order valence-corrected chi connectivity index (χ0v) is 16.4. The van der Waals surface area contributed by atoms with Crippen LogP contribution in [0.2, 0.25) is 0 Å². The molecule has 0 spiro atoms. The highest BCUT2D eigenvalue weighted by Crippen LogP contribution is 2.25. The van der Waals surface area contributed by atoms with Crippen molar-refractivity contribution in [1.29, 1.82) is 0 Å². The van der Waals surface area contributed by atoms with Crippen molar-refractivity contribution in [2.45, 2.75) is 42.5 Å². The van der Waals surface area contributed by atoms with Crippen LogP contribution in [0.3, 0.4) is 0 Å². The molecule has 0 radical (unpaired) electrons. The number of piperidine rings is 1. The zero-order valence-electron chi connectivity index (χ0n) is 14.7. The number of thiol groups is 1. The van der Waals surface area contributed by atoms with Gasteiger partial charge in [-0.25, -0.2) is 8.42 Å². The molecule has 1 aliphatic heterocycles. The summed E-state index contributed by atoms with van der Waals surface area (Å²) in [7, 11) is -3.58. The first-order valence-electron chi connectivity index (χ1n) is 8.41. The third kappa shape index (κ3) is 3.65. The Bertz CT molecular complexity index is 896. The van der Waals surface area contributed by atoms with Crippen LogP contribution in [-0.4, -0.2) is 48.0 Å². The van der Waals surface area contributed by atoms with E-state index in [1.165, 1.54) is 4.31 Å². The van der Waals surface area contributed by atoms with Gasteiger partial charge in [-0.3, -0.25) is 9.89 Å². The van der Waals surface area contributed by atoms with E-state index in [4.69, 9.17) is 0 Å². The molecule has 7 nitrogen and oxygen atoms in total. The number of rotatable bonds is 4. The smallest absolute Gasteiger partial charge is 0.252 e. The molecular weight excluding hydrogens is 372 g/mol. The van der Waals surface area contributed by atoms with Gasteiger partial charge in [0.1, 0.15) is 4.90 Å². The van der Waals surface area contributed by atoms with Gasteiger partial charge in [0, 0.05) is 24.0 Å². The highest BCUT2D eigenvalue weighted by Gasteiger charge is 2.33. The Labute approximate surface area is 158 Å². The summed E-state index contributed by atoms with van der Waals surface area (Å²) in [6, 6.07) is 7.04. The van der Waals surface area contributed by atoms with E-state index >= 15 is 0 Å². The molecular formula is C17H22N4O3S2. The standard InChI is InChI=1S/C17H22N4O3S2/c1-11-16(12(2)20-19-11)26(23,24)21-9-7-13(8-10-21)18-17(22)14-5-3-4-6-15(14)25/h3-6,13,25H,7-10H2,1-2H3,(H,18,22)(H,19,20). The average Bonchev–Trinajstić information content (AvgIpc) is 2.95. The van der Waals surface area contributed by atoms with E-state index in [1.807, 2.05) is 6.07 Å². The van der Waals surface area contributed by atoms with Crippen LogP contribution < -0.4 is 5.32 Å². The van der Waals surface area contributed by atoms with Crippen molar-refractivity contribution in [3.05, 3.63) is 41.2 Å². The first-order chi connectivity index (χ1) is 12.3. The van der Waals surface area contributed by atoms with Gasteiger partial charge in [0.25, 0.3) is 5.91 Å². The molecule has 9 heteroatoms. The maximum Gasteiger partial charge on any atom is 0.252 e. The first-order valence-corrected chi connectivity index (χ1v) is 10.3. The second kappa shape index (κ2) is 7.42. The van der Waals surface area contributed by atoms with Gasteiger partial charge >= 0.3 is 0 Å². The number of aryl methyl sites for hydroxylation is 2. The summed E-state index contributed by atoms with van der Waals surface area (Å²) in [5.74, 6) is -0.182. The zero-order chi connectivity index (χ0) is 18.9. The van der Waals surface area contributed by atoms with Crippen molar-refractivity contribution in [3.63, 3.8) is 0 Å². The van der Waals surface area contributed by atoms with Crippen LogP contribution in [0.1, 0.15) is 34.6 Å². The molecule has 0 bridgehead atoms. The highest BCUT2D eigenvalue weighted by atomic mass is 32.2. The molecule has 1 aromatic heterocycles. The van der Waals surface area contributed by atoms with E-state index in [-0.39, 0.29) is 16.8 Å². The Hall–Kier alpha value is -1.84. The minimum absolute atomic E-state index is 0.0616. The lowest BCUT2D eigenvalue weighted by molar-refractivity contribution is 0.0921. The fourth-order valence-corrected chi connectivity index (χ4v) is 5.28. The molecule has 0 aliphatic carbocycles. The van der Waals surface area contributed by atoms with Crippen molar-refractivity contribution in [2.75, 3.05) is 13.1 Å². The van der Waals surface area contributed by atoms with Gasteiger partial charge in [0.05, 0.1) is 17.0 Å². The molecule has 0 atom stereocenters. The molecule has 2 N–H and O–H groups in total. The molecule has 2 aromatic rings. The summed E-state index contributed by atoms with van der Waals surface area (Å²) in [6.07, 6.45) is 1.13. The highest BCUT2D eigenvalue weighted by molar-refractivity contribution is 7.89. The van der Waals surface area contributed by atoms with Gasteiger partial charge in [-0.1, -0.05) is 12.1 Å². The summed E-state index contributed by atoms with van der Waals surface area (Å²) in [4.78, 5) is 13.3. The quantitative estimate of drug-likeness (QED) is 0.690. The number of nitrogens with one attached hydrogen (secondary N) is 2. The van der Waals surface area contributed by atoms with Crippen LogP contribution in [0, 0.1) is 13.8 Å². The Morgan fingerprint density at radius 3 is 2.50 bits per heavy atom.